The van der Waals surface area contributed by atoms with E-state index in [2.05, 4.69) is 47.5 Å². The van der Waals surface area contributed by atoms with Crippen LogP contribution in [0.1, 0.15) is 150 Å². The maximum absolute atomic E-state index is 12.8. The Morgan fingerprint density at radius 2 is 1.53 bits per heavy atom. The van der Waals surface area contributed by atoms with Crippen LogP contribution >= 0.6 is 0 Å². The first-order valence-corrected chi connectivity index (χ1v) is 20.8. The molecule has 2 saturated carbocycles. The Hall–Kier alpha value is -2.49. The number of ether oxygens (including phenoxy) is 1. The minimum atomic E-state index is -5.07. The lowest BCUT2D eigenvalue weighted by Gasteiger charge is -2.39. The fraction of sp³-hybridized carbons (Fsp3) is 0.889. The van der Waals surface area contributed by atoms with E-state index in [1.54, 1.807) is 0 Å². The number of aromatic nitrogens is 2. The molecule has 4 aliphatic rings. The molecule has 1 spiro atoms. The van der Waals surface area contributed by atoms with Gasteiger partial charge in [-0.3, -0.25) is 0 Å². The van der Waals surface area contributed by atoms with Crippen LogP contribution < -0.4 is 5.32 Å². The van der Waals surface area contributed by atoms with Crippen molar-refractivity contribution in [3.05, 3.63) is 11.8 Å². The van der Waals surface area contributed by atoms with Crippen LogP contribution in [0.5, 0.6) is 0 Å². The van der Waals surface area contributed by atoms with E-state index in [4.69, 9.17) is 9.15 Å². The second-order valence-corrected chi connectivity index (χ2v) is 17.4. The van der Waals surface area contributed by atoms with E-state index in [0.29, 0.717) is 29.7 Å². The SMILES string of the molecule is CC(C)(C)OC(=O)NC1CC(Cc2nnc([C@@H]3CC4(CC4)[C@@H]4CN3C(=O)N4OS(=O)(=O)[O-])o2)C1.CCCC[N+](CCCC)(CCCC)CCCC. The van der Waals surface area contributed by atoms with Gasteiger partial charge in [0.05, 0.1) is 32.2 Å². The maximum atomic E-state index is 12.8. The summed E-state index contributed by atoms with van der Waals surface area (Å²) < 4.78 is 50.5. The number of hydroxylamine groups is 2. The Bertz CT molecular complexity index is 1350. The number of unbranched alkanes of at least 4 members (excludes halogenated alkanes) is 4. The fourth-order valence-electron chi connectivity index (χ4n) is 7.90. The van der Waals surface area contributed by atoms with Gasteiger partial charge >= 0.3 is 12.1 Å². The van der Waals surface area contributed by atoms with E-state index >= 15 is 0 Å². The first kappa shape index (κ1) is 41.3. The average Bonchev–Trinajstić information content (AvgIpc) is 3.54. The summed E-state index contributed by atoms with van der Waals surface area (Å²) in [6.07, 6.45) is 14.8. The van der Waals surface area contributed by atoms with Gasteiger partial charge in [0.25, 0.3) is 0 Å². The Balaban J connectivity index is 0.000000292. The second kappa shape index (κ2) is 17.6. The van der Waals surface area contributed by atoms with Crippen LogP contribution in [0.2, 0.25) is 0 Å². The number of hydrogen-bond donors (Lipinski definition) is 1. The second-order valence-electron chi connectivity index (χ2n) is 16.4. The predicted octanol–water partition coefficient (Wildman–Crippen LogP) is 6.64. The van der Waals surface area contributed by atoms with Gasteiger partial charge in [0, 0.05) is 19.0 Å². The molecular formula is C36H64N6O8S. The molecular weight excluding hydrogens is 676 g/mol. The molecule has 0 aromatic carbocycles. The first-order valence-electron chi connectivity index (χ1n) is 19.5. The van der Waals surface area contributed by atoms with Gasteiger partial charge in [-0.05, 0) is 89.9 Å². The van der Waals surface area contributed by atoms with Crippen LogP contribution in [0.25, 0.3) is 0 Å². The molecule has 2 aliphatic carbocycles. The number of carbonyl (C=O) groups excluding carboxylic acids is 2. The van der Waals surface area contributed by atoms with Gasteiger partial charge in [0.2, 0.25) is 22.2 Å². The molecule has 2 bridgehead atoms. The zero-order valence-electron chi connectivity index (χ0n) is 32.2. The summed E-state index contributed by atoms with van der Waals surface area (Å²) >= 11 is 0. The first-order chi connectivity index (χ1) is 24.1. The standard InChI is InChI=1S/C20H29N5O8S.C16H36N/c1-19(2,3)32-17(26)21-12-6-11(7-12)8-15-22-23-16(31-15)13-9-20(4-5-20)14-10-24(13)18(27)25(14)33-34(28,29)30;1-5-9-13-17(14-10-6-2,15-11-7-3)16-12-8-4/h11-14H,4-10H2,1-3H3,(H,21,26)(H,28,29,30);5-16H2,1-4H3/q;+1/p-1/t11?,12?,13-,14-;/m0./s1. The fourth-order valence-corrected chi connectivity index (χ4v) is 8.27. The van der Waals surface area contributed by atoms with Gasteiger partial charge in [-0.2, -0.15) is 9.35 Å². The van der Waals surface area contributed by atoms with Gasteiger partial charge in [0.15, 0.2) is 0 Å². The molecule has 51 heavy (non-hydrogen) atoms. The predicted molar refractivity (Wildman–Crippen MR) is 191 cm³/mol. The number of carbonyl (C=O) groups is 2. The molecule has 4 fully saturated rings. The van der Waals surface area contributed by atoms with Crippen molar-refractivity contribution >= 4 is 22.5 Å². The third-order valence-electron chi connectivity index (χ3n) is 11.0. The number of hydrogen-bond acceptors (Lipinski definition) is 10. The number of nitrogens with one attached hydrogen (secondary N) is 1. The van der Waals surface area contributed by atoms with Crippen molar-refractivity contribution in [3.8, 4) is 0 Å². The summed E-state index contributed by atoms with van der Waals surface area (Å²) in [5.74, 6) is 1.02. The number of fused-ring (bicyclic) bond motifs is 3. The molecule has 15 heteroatoms. The van der Waals surface area contributed by atoms with Gasteiger partial charge in [-0.25, -0.2) is 18.0 Å². The highest BCUT2D eigenvalue weighted by Crippen LogP contribution is 2.61. The lowest BCUT2D eigenvalue weighted by molar-refractivity contribution is -0.929. The molecule has 0 radical (unpaired) electrons. The van der Waals surface area contributed by atoms with Crippen LogP contribution in [0.4, 0.5) is 9.59 Å². The van der Waals surface area contributed by atoms with Crippen molar-refractivity contribution in [2.24, 2.45) is 11.3 Å². The van der Waals surface area contributed by atoms with Crippen molar-refractivity contribution < 1.29 is 40.5 Å². The summed E-state index contributed by atoms with van der Waals surface area (Å²) in [4.78, 5) is 26.1. The van der Waals surface area contributed by atoms with Gasteiger partial charge in [0.1, 0.15) is 11.6 Å². The largest absolute Gasteiger partial charge is 0.724 e. The lowest BCUT2D eigenvalue weighted by Crippen LogP contribution is -2.50. The van der Waals surface area contributed by atoms with Crippen molar-refractivity contribution in [2.75, 3.05) is 32.7 Å². The van der Waals surface area contributed by atoms with E-state index < -0.39 is 40.2 Å². The minimum Gasteiger partial charge on any atom is -0.724 e. The number of piperidine rings is 1. The molecule has 2 saturated heterocycles. The average molecular weight is 741 g/mol. The quantitative estimate of drug-likeness (QED) is 0.0979. The molecule has 0 unspecified atom stereocenters. The smallest absolute Gasteiger partial charge is 0.407 e. The number of alkyl carbamates (subject to hydrolysis) is 1. The van der Waals surface area contributed by atoms with E-state index in [9.17, 15) is 22.6 Å². The van der Waals surface area contributed by atoms with Gasteiger partial charge in [-0.15, -0.1) is 10.2 Å². The van der Waals surface area contributed by atoms with E-state index in [0.717, 1.165) is 25.7 Å². The molecule has 3 heterocycles. The number of nitrogens with zero attached hydrogens (tertiary/aromatic N) is 5. The summed E-state index contributed by atoms with van der Waals surface area (Å²) in [5, 5.41) is 11.9. The summed E-state index contributed by atoms with van der Waals surface area (Å²) in [6, 6.07) is -1.64. The molecule has 2 aliphatic heterocycles. The van der Waals surface area contributed by atoms with Crippen LogP contribution in [-0.4, -0.2) is 100 Å². The zero-order chi connectivity index (χ0) is 37.5. The zero-order valence-corrected chi connectivity index (χ0v) is 33.0. The third kappa shape index (κ3) is 11.5. The van der Waals surface area contributed by atoms with Crippen molar-refractivity contribution in [1.82, 2.24) is 25.5 Å². The molecule has 2 atom stereocenters. The Labute approximate surface area is 305 Å². The number of rotatable bonds is 18. The normalized spacial score (nSPS) is 23.9. The van der Waals surface area contributed by atoms with Crippen LogP contribution in [0.15, 0.2) is 4.42 Å². The van der Waals surface area contributed by atoms with Crippen LogP contribution in [0, 0.1) is 11.3 Å². The van der Waals surface area contributed by atoms with Crippen LogP contribution in [0.3, 0.4) is 0 Å². The molecule has 1 aromatic rings. The molecule has 14 nitrogen and oxygen atoms in total. The minimum absolute atomic E-state index is 0.0396. The number of urea groups is 1. The highest BCUT2D eigenvalue weighted by atomic mass is 32.3. The maximum Gasteiger partial charge on any atom is 0.407 e. The van der Waals surface area contributed by atoms with Crippen LogP contribution in [-0.2, 0) is 25.8 Å². The van der Waals surface area contributed by atoms with Crippen molar-refractivity contribution in [3.63, 3.8) is 0 Å². The van der Waals surface area contributed by atoms with Crippen molar-refractivity contribution in [2.45, 2.75) is 162 Å². The highest BCUT2D eigenvalue weighted by Gasteiger charge is 2.64. The molecule has 292 valence electrons. The van der Waals surface area contributed by atoms with E-state index in [1.807, 2.05) is 20.8 Å². The van der Waals surface area contributed by atoms with Gasteiger partial charge in [-0.1, -0.05) is 53.4 Å². The summed E-state index contributed by atoms with van der Waals surface area (Å²) in [5.41, 5.74) is -0.865. The Kier molecular flexibility index (Phi) is 14.2. The summed E-state index contributed by atoms with van der Waals surface area (Å²) in [6.45, 7) is 20.7. The Morgan fingerprint density at radius 1 is 0.980 bits per heavy atom. The summed E-state index contributed by atoms with van der Waals surface area (Å²) in [7, 11) is -5.07. The molecule has 1 N–H and O–H groups in total. The molecule has 3 amide bonds. The van der Waals surface area contributed by atoms with Crippen molar-refractivity contribution in [1.29, 1.82) is 0 Å². The highest BCUT2D eigenvalue weighted by molar-refractivity contribution is 7.80. The number of quaternary nitrogens is 1. The molecule has 5 rings (SSSR count). The third-order valence-corrected chi connectivity index (χ3v) is 11.3. The topological polar surface area (TPSA) is 167 Å². The monoisotopic (exact) mass is 740 g/mol. The molecule has 1 aromatic heterocycles. The Morgan fingerprint density at radius 3 is 2.00 bits per heavy atom. The van der Waals surface area contributed by atoms with Gasteiger partial charge < -0.3 is 28.4 Å². The van der Waals surface area contributed by atoms with E-state index in [-0.39, 0.29) is 23.9 Å². The van der Waals surface area contributed by atoms with E-state index in [1.165, 1.54) is 86.9 Å². The number of amides is 3. The lowest BCUT2D eigenvalue weighted by atomic mass is 9.78.